The zero-order valence-electron chi connectivity index (χ0n) is 18.1. The molecule has 2 heterocycles. The second-order valence-corrected chi connectivity index (χ2v) is 9.75. The Labute approximate surface area is 196 Å². The van der Waals surface area contributed by atoms with Gasteiger partial charge in [-0.1, -0.05) is 78.3 Å². The molecule has 0 aliphatic carbocycles. The maximum Gasteiger partial charge on any atom is 0.143 e. The Hall–Kier alpha value is -3.82. The van der Waals surface area contributed by atoms with Gasteiger partial charge in [0.1, 0.15) is 19.0 Å². The Morgan fingerprint density at radius 3 is 2.03 bits per heavy atom. The lowest BCUT2D eigenvalue weighted by Crippen LogP contribution is -1.98. The topological polar surface area (TPSA) is 13.1 Å². The summed E-state index contributed by atoms with van der Waals surface area (Å²) in [7, 11) is 2.13. The molecular weight excluding hydrogens is 419 g/mol. The van der Waals surface area contributed by atoms with Crippen LogP contribution in [-0.2, 0) is 0 Å². The van der Waals surface area contributed by atoms with Gasteiger partial charge < -0.3 is 4.42 Å². The van der Waals surface area contributed by atoms with E-state index in [1.807, 2.05) is 23.5 Å². The molecule has 1 nitrogen and oxygen atoms in total. The molecule has 0 atom stereocenters. The van der Waals surface area contributed by atoms with Crippen LogP contribution in [0.25, 0.3) is 64.4 Å². The minimum Gasteiger partial charge on any atom is -0.455 e. The van der Waals surface area contributed by atoms with Crippen LogP contribution in [0, 0.1) is 0 Å². The molecule has 0 unspecified atom stereocenters. The molecule has 0 saturated carbocycles. The normalized spacial score (nSPS) is 11.8. The summed E-state index contributed by atoms with van der Waals surface area (Å²) >= 11 is 1.86. The van der Waals surface area contributed by atoms with Crippen molar-refractivity contribution in [2.24, 2.45) is 0 Å². The quantitative estimate of drug-likeness (QED) is 0.254. The molecule has 0 saturated heterocycles. The SMILES string of the molecule is Bc1ccc(-c2ccc3sc4ccc(-c5cccc6c5oc5ccccc56)cc4c3c2)cc1. The van der Waals surface area contributed by atoms with Crippen molar-refractivity contribution in [1.82, 2.24) is 0 Å². The van der Waals surface area contributed by atoms with Gasteiger partial charge in [-0.15, -0.1) is 11.3 Å². The summed E-state index contributed by atoms with van der Waals surface area (Å²) in [6, 6.07) is 37.1. The Kier molecular flexibility index (Phi) is 4.03. The number of fused-ring (bicyclic) bond motifs is 6. The molecule has 0 radical (unpaired) electrons. The van der Waals surface area contributed by atoms with E-state index >= 15 is 0 Å². The smallest absolute Gasteiger partial charge is 0.143 e. The lowest BCUT2D eigenvalue weighted by molar-refractivity contribution is 0.670. The van der Waals surface area contributed by atoms with Gasteiger partial charge >= 0.3 is 0 Å². The van der Waals surface area contributed by atoms with Crippen LogP contribution in [0.15, 0.2) is 108 Å². The van der Waals surface area contributed by atoms with Gasteiger partial charge in [-0.2, -0.15) is 0 Å². The fourth-order valence-electron chi connectivity index (χ4n) is 4.84. The lowest BCUT2D eigenvalue weighted by atomic mass is 9.93. The fraction of sp³-hybridized carbons (Fsp3) is 0. The van der Waals surface area contributed by atoms with Gasteiger partial charge in [-0.25, -0.2) is 0 Å². The van der Waals surface area contributed by atoms with Crippen LogP contribution in [0.3, 0.4) is 0 Å². The molecule has 0 aliphatic heterocycles. The van der Waals surface area contributed by atoms with Gasteiger partial charge in [0.2, 0.25) is 0 Å². The minimum absolute atomic E-state index is 0.935. The Morgan fingerprint density at radius 2 is 1.21 bits per heavy atom. The van der Waals surface area contributed by atoms with E-state index in [1.165, 1.54) is 53.1 Å². The number of benzene rings is 5. The molecule has 154 valence electrons. The highest BCUT2D eigenvalue weighted by molar-refractivity contribution is 7.25. The third-order valence-electron chi connectivity index (χ3n) is 6.57. The summed E-state index contributed by atoms with van der Waals surface area (Å²) in [5.74, 6) is 0. The second kappa shape index (κ2) is 7.09. The molecule has 7 rings (SSSR count). The van der Waals surface area contributed by atoms with E-state index in [1.54, 1.807) is 0 Å². The highest BCUT2D eigenvalue weighted by atomic mass is 32.1. The summed E-state index contributed by atoms with van der Waals surface area (Å²) in [4.78, 5) is 0. The molecular formula is C30H19BOS. The lowest BCUT2D eigenvalue weighted by Gasteiger charge is -2.05. The van der Waals surface area contributed by atoms with Crippen molar-refractivity contribution in [3.8, 4) is 22.3 Å². The van der Waals surface area contributed by atoms with Crippen molar-refractivity contribution in [2.75, 3.05) is 0 Å². The summed E-state index contributed by atoms with van der Waals surface area (Å²) in [6.07, 6.45) is 0. The van der Waals surface area contributed by atoms with E-state index in [-0.39, 0.29) is 0 Å². The zero-order chi connectivity index (χ0) is 21.9. The fourth-order valence-corrected chi connectivity index (χ4v) is 5.91. The van der Waals surface area contributed by atoms with E-state index in [9.17, 15) is 0 Å². The van der Waals surface area contributed by atoms with Crippen molar-refractivity contribution in [3.05, 3.63) is 103 Å². The first kappa shape index (κ1) is 18.7. The van der Waals surface area contributed by atoms with Gasteiger partial charge in [0.05, 0.1) is 0 Å². The Bertz CT molecular complexity index is 1820. The van der Waals surface area contributed by atoms with Crippen LogP contribution < -0.4 is 5.46 Å². The van der Waals surface area contributed by atoms with Crippen LogP contribution in [0.4, 0.5) is 0 Å². The molecule has 0 aliphatic rings. The number of furan rings is 1. The Morgan fingerprint density at radius 1 is 0.545 bits per heavy atom. The van der Waals surface area contributed by atoms with E-state index in [2.05, 4.69) is 98.8 Å². The predicted molar refractivity (Wildman–Crippen MR) is 146 cm³/mol. The second-order valence-electron chi connectivity index (χ2n) is 8.67. The van der Waals surface area contributed by atoms with Crippen LogP contribution >= 0.6 is 11.3 Å². The minimum atomic E-state index is 0.935. The summed E-state index contributed by atoms with van der Waals surface area (Å²) < 4.78 is 8.94. The zero-order valence-corrected chi connectivity index (χ0v) is 18.9. The molecule has 0 amide bonds. The molecule has 33 heavy (non-hydrogen) atoms. The van der Waals surface area contributed by atoms with Crippen molar-refractivity contribution in [3.63, 3.8) is 0 Å². The van der Waals surface area contributed by atoms with Gasteiger partial charge in [0.25, 0.3) is 0 Å². The maximum absolute atomic E-state index is 6.31. The standard InChI is InChI=1S/C30H19BOS/c31-21-12-8-18(9-13-21)19-10-14-28-25(16-19)26-17-20(11-15-29(26)33-28)22-5-3-6-24-23-4-1-2-7-27(23)32-30(22)24/h1-17H,31H2. The summed E-state index contributed by atoms with van der Waals surface area (Å²) in [6.45, 7) is 0. The van der Waals surface area contributed by atoms with E-state index in [0.717, 1.165) is 16.7 Å². The molecule has 0 bridgehead atoms. The average Bonchev–Trinajstić information content (AvgIpc) is 3.42. The molecule has 5 aromatic carbocycles. The molecule has 3 heteroatoms. The number of para-hydroxylation sites is 2. The molecule has 0 N–H and O–H groups in total. The summed E-state index contributed by atoms with van der Waals surface area (Å²) in [5, 5.41) is 4.94. The first-order valence-electron chi connectivity index (χ1n) is 11.2. The van der Waals surface area contributed by atoms with Crippen LogP contribution in [0.1, 0.15) is 0 Å². The molecule has 0 spiro atoms. The number of rotatable bonds is 2. The predicted octanol–water partition coefficient (Wildman–Crippen LogP) is 7.55. The van der Waals surface area contributed by atoms with Crippen molar-refractivity contribution >= 4 is 66.8 Å². The number of hydrogen-bond donors (Lipinski definition) is 0. The van der Waals surface area contributed by atoms with Crippen LogP contribution in [0.5, 0.6) is 0 Å². The summed E-state index contributed by atoms with van der Waals surface area (Å²) in [5.41, 5.74) is 8.01. The van der Waals surface area contributed by atoms with Crippen LogP contribution in [0.2, 0.25) is 0 Å². The van der Waals surface area contributed by atoms with E-state index < -0.39 is 0 Å². The first-order valence-corrected chi connectivity index (χ1v) is 12.0. The highest BCUT2D eigenvalue weighted by Crippen LogP contribution is 2.40. The van der Waals surface area contributed by atoms with Crippen molar-refractivity contribution in [1.29, 1.82) is 0 Å². The third-order valence-corrected chi connectivity index (χ3v) is 7.72. The molecule has 7 aromatic rings. The van der Waals surface area contributed by atoms with Crippen LogP contribution in [-0.4, -0.2) is 7.85 Å². The third kappa shape index (κ3) is 2.93. The largest absolute Gasteiger partial charge is 0.455 e. The van der Waals surface area contributed by atoms with Gasteiger partial charge in [-0.05, 0) is 47.0 Å². The highest BCUT2D eigenvalue weighted by Gasteiger charge is 2.14. The van der Waals surface area contributed by atoms with Crippen molar-refractivity contribution < 1.29 is 4.42 Å². The number of thiophene rings is 1. The van der Waals surface area contributed by atoms with Gasteiger partial charge in [0.15, 0.2) is 0 Å². The van der Waals surface area contributed by atoms with E-state index in [0.29, 0.717) is 0 Å². The molecule has 0 fully saturated rings. The first-order chi connectivity index (χ1) is 16.2. The number of hydrogen-bond acceptors (Lipinski definition) is 2. The Balaban J connectivity index is 1.45. The monoisotopic (exact) mass is 438 g/mol. The average molecular weight is 438 g/mol. The van der Waals surface area contributed by atoms with Crippen molar-refractivity contribution in [2.45, 2.75) is 0 Å². The van der Waals surface area contributed by atoms with E-state index in [4.69, 9.17) is 4.42 Å². The maximum atomic E-state index is 6.31. The van der Waals surface area contributed by atoms with Gasteiger partial charge in [0, 0.05) is 36.5 Å². The van der Waals surface area contributed by atoms with Gasteiger partial charge in [-0.3, -0.25) is 0 Å². The molecule has 2 aromatic heterocycles.